The summed E-state index contributed by atoms with van der Waals surface area (Å²) >= 11 is 0. The zero-order valence-corrected chi connectivity index (χ0v) is 12.2. The molecule has 0 unspecified atom stereocenters. The maximum Gasteiger partial charge on any atom is 0.261 e. The fraction of sp³-hybridized carbons (Fsp3) is 0.143. The van der Waals surface area contributed by atoms with E-state index >= 15 is 0 Å². The molecule has 0 spiro atoms. The summed E-state index contributed by atoms with van der Waals surface area (Å²) in [6.07, 6.45) is 0. The second-order valence-corrected chi connectivity index (χ2v) is 5.99. The van der Waals surface area contributed by atoms with Crippen LogP contribution in [0.3, 0.4) is 0 Å². The van der Waals surface area contributed by atoms with Crippen molar-refractivity contribution >= 4 is 15.7 Å². The van der Waals surface area contributed by atoms with Gasteiger partial charge in [0, 0.05) is 12.6 Å². The monoisotopic (exact) mass is 310 g/mol. The van der Waals surface area contributed by atoms with Crippen molar-refractivity contribution in [1.82, 2.24) is 0 Å². The van der Waals surface area contributed by atoms with Crippen LogP contribution in [0, 0.1) is 5.82 Å². The molecule has 0 atom stereocenters. The lowest BCUT2D eigenvalue weighted by molar-refractivity contribution is 0.414. The predicted octanol–water partition coefficient (Wildman–Crippen LogP) is 2.09. The van der Waals surface area contributed by atoms with E-state index in [4.69, 9.17) is 10.5 Å². The van der Waals surface area contributed by atoms with Crippen LogP contribution in [-0.2, 0) is 16.6 Å². The number of benzene rings is 2. The summed E-state index contributed by atoms with van der Waals surface area (Å²) in [5.74, 6) is -0.334. The van der Waals surface area contributed by atoms with Crippen LogP contribution in [0.1, 0.15) is 5.56 Å². The van der Waals surface area contributed by atoms with Gasteiger partial charge >= 0.3 is 0 Å². The zero-order chi connectivity index (χ0) is 15.5. The van der Waals surface area contributed by atoms with E-state index in [9.17, 15) is 12.8 Å². The summed E-state index contributed by atoms with van der Waals surface area (Å²) in [6, 6.07) is 9.97. The normalized spacial score (nSPS) is 11.2. The quantitative estimate of drug-likeness (QED) is 0.886. The molecule has 0 aliphatic rings. The molecule has 112 valence electrons. The topological polar surface area (TPSA) is 81.4 Å². The average molecular weight is 310 g/mol. The summed E-state index contributed by atoms with van der Waals surface area (Å²) in [6.45, 7) is 0.219. The Morgan fingerprint density at radius 1 is 1.24 bits per heavy atom. The van der Waals surface area contributed by atoms with E-state index in [0.29, 0.717) is 11.3 Å². The van der Waals surface area contributed by atoms with Crippen LogP contribution in [0.25, 0.3) is 0 Å². The van der Waals surface area contributed by atoms with Gasteiger partial charge in [0.05, 0.1) is 17.7 Å². The Morgan fingerprint density at radius 2 is 2.00 bits per heavy atom. The van der Waals surface area contributed by atoms with Gasteiger partial charge in [-0.15, -0.1) is 0 Å². The van der Waals surface area contributed by atoms with Crippen LogP contribution < -0.4 is 15.2 Å². The summed E-state index contributed by atoms with van der Waals surface area (Å²) in [7, 11) is -2.48. The number of nitrogens with two attached hydrogens (primary N) is 1. The highest BCUT2D eigenvalue weighted by Crippen LogP contribution is 2.24. The lowest BCUT2D eigenvalue weighted by atomic mass is 10.2. The first-order valence-corrected chi connectivity index (χ1v) is 7.60. The van der Waals surface area contributed by atoms with Gasteiger partial charge < -0.3 is 10.5 Å². The molecule has 0 saturated heterocycles. The first-order valence-electron chi connectivity index (χ1n) is 6.11. The minimum absolute atomic E-state index is 0.0210. The van der Waals surface area contributed by atoms with Gasteiger partial charge in [-0.3, -0.25) is 4.72 Å². The van der Waals surface area contributed by atoms with E-state index in [-0.39, 0.29) is 17.1 Å². The average Bonchev–Trinajstić information content (AvgIpc) is 2.49. The molecule has 3 N–H and O–H groups in total. The van der Waals surface area contributed by atoms with Crippen molar-refractivity contribution in [3.63, 3.8) is 0 Å². The third-order valence-electron chi connectivity index (χ3n) is 2.86. The van der Waals surface area contributed by atoms with Crippen LogP contribution in [0.15, 0.2) is 47.4 Å². The van der Waals surface area contributed by atoms with Gasteiger partial charge in [-0.2, -0.15) is 0 Å². The number of methoxy groups -OCH3 is 1. The van der Waals surface area contributed by atoms with Crippen molar-refractivity contribution in [2.75, 3.05) is 11.8 Å². The molecular weight excluding hydrogens is 295 g/mol. The Hall–Kier alpha value is -2.12. The first kappa shape index (κ1) is 15.3. The molecule has 0 amide bonds. The third kappa shape index (κ3) is 3.50. The second kappa shape index (κ2) is 6.11. The highest BCUT2D eigenvalue weighted by molar-refractivity contribution is 7.92. The van der Waals surface area contributed by atoms with E-state index in [0.717, 1.165) is 6.07 Å². The Morgan fingerprint density at radius 3 is 2.67 bits per heavy atom. The lowest BCUT2D eigenvalue weighted by Crippen LogP contribution is -2.14. The van der Waals surface area contributed by atoms with Crippen molar-refractivity contribution in [3.05, 3.63) is 53.8 Å². The first-order chi connectivity index (χ1) is 9.96. The molecule has 2 aromatic rings. The molecule has 2 aromatic carbocycles. The zero-order valence-electron chi connectivity index (χ0n) is 11.3. The number of hydrogen-bond acceptors (Lipinski definition) is 4. The number of sulfonamides is 1. The predicted molar refractivity (Wildman–Crippen MR) is 78.1 cm³/mol. The Kier molecular flexibility index (Phi) is 4.44. The van der Waals surface area contributed by atoms with E-state index in [1.165, 1.54) is 31.4 Å². The number of anilines is 1. The number of rotatable bonds is 5. The Labute approximate surface area is 122 Å². The van der Waals surface area contributed by atoms with Crippen LogP contribution in [0.4, 0.5) is 10.1 Å². The smallest absolute Gasteiger partial charge is 0.261 e. The fourth-order valence-electron chi connectivity index (χ4n) is 1.75. The van der Waals surface area contributed by atoms with Crippen LogP contribution >= 0.6 is 0 Å². The lowest BCUT2D eigenvalue weighted by Gasteiger charge is -2.11. The van der Waals surface area contributed by atoms with Gasteiger partial charge in [0.25, 0.3) is 10.0 Å². The van der Waals surface area contributed by atoms with E-state index in [2.05, 4.69) is 4.72 Å². The Bertz CT molecular complexity index is 748. The molecule has 0 aliphatic heterocycles. The minimum Gasteiger partial charge on any atom is -0.497 e. The summed E-state index contributed by atoms with van der Waals surface area (Å²) in [4.78, 5) is 0.0210. The van der Waals surface area contributed by atoms with E-state index < -0.39 is 15.8 Å². The largest absolute Gasteiger partial charge is 0.497 e. The molecule has 0 fully saturated rings. The molecule has 0 heterocycles. The van der Waals surface area contributed by atoms with Crippen molar-refractivity contribution in [2.45, 2.75) is 11.4 Å². The van der Waals surface area contributed by atoms with Crippen molar-refractivity contribution < 1.29 is 17.5 Å². The van der Waals surface area contributed by atoms with Crippen molar-refractivity contribution in [3.8, 4) is 5.75 Å². The van der Waals surface area contributed by atoms with Crippen LogP contribution in [0.2, 0.25) is 0 Å². The van der Waals surface area contributed by atoms with Gasteiger partial charge in [-0.05, 0) is 29.8 Å². The fourth-order valence-corrected chi connectivity index (χ4v) is 2.88. The van der Waals surface area contributed by atoms with Crippen molar-refractivity contribution in [1.29, 1.82) is 0 Å². The van der Waals surface area contributed by atoms with E-state index in [1.54, 1.807) is 12.1 Å². The maximum atomic E-state index is 13.7. The van der Waals surface area contributed by atoms with Gasteiger partial charge in [-0.25, -0.2) is 12.8 Å². The SMILES string of the molecule is COc1ccc(F)c(NS(=O)(=O)c2cccc(CN)c2)c1. The van der Waals surface area contributed by atoms with Gasteiger partial charge in [0.1, 0.15) is 11.6 Å². The molecule has 0 radical (unpaired) electrons. The third-order valence-corrected chi connectivity index (χ3v) is 4.23. The summed E-state index contributed by atoms with van der Waals surface area (Å²) in [5, 5.41) is 0. The number of halogens is 1. The highest BCUT2D eigenvalue weighted by Gasteiger charge is 2.17. The molecule has 7 heteroatoms. The number of hydrogen-bond donors (Lipinski definition) is 2. The minimum atomic E-state index is -3.89. The molecule has 0 aliphatic carbocycles. The standard InChI is InChI=1S/C14H15FN2O3S/c1-20-11-5-6-13(15)14(8-11)17-21(18,19)12-4-2-3-10(7-12)9-16/h2-8,17H,9,16H2,1H3. The molecule has 0 bridgehead atoms. The van der Waals surface area contributed by atoms with E-state index in [1.807, 2.05) is 0 Å². The molecule has 0 aromatic heterocycles. The molecule has 0 saturated carbocycles. The highest BCUT2D eigenvalue weighted by atomic mass is 32.2. The van der Waals surface area contributed by atoms with Crippen molar-refractivity contribution in [2.24, 2.45) is 5.73 Å². The summed E-state index contributed by atoms with van der Waals surface area (Å²) < 4.78 is 45.4. The number of ether oxygens (including phenoxy) is 1. The van der Waals surface area contributed by atoms with Gasteiger partial charge in [-0.1, -0.05) is 12.1 Å². The molecule has 21 heavy (non-hydrogen) atoms. The number of nitrogens with one attached hydrogen (secondary N) is 1. The van der Waals surface area contributed by atoms with Crippen LogP contribution in [-0.4, -0.2) is 15.5 Å². The molecular formula is C14H15FN2O3S. The molecule has 5 nitrogen and oxygen atoms in total. The van der Waals surface area contributed by atoms with Gasteiger partial charge in [0.15, 0.2) is 0 Å². The van der Waals surface area contributed by atoms with Crippen LogP contribution in [0.5, 0.6) is 5.75 Å². The second-order valence-electron chi connectivity index (χ2n) is 4.30. The Balaban J connectivity index is 2.37. The molecule has 2 rings (SSSR count). The van der Waals surface area contributed by atoms with Gasteiger partial charge in [0.2, 0.25) is 0 Å². The maximum absolute atomic E-state index is 13.7. The summed E-state index contributed by atoms with van der Waals surface area (Å²) in [5.41, 5.74) is 5.98.